The van der Waals surface area contributed by atoms with Gasteiger partial charge in [0.25, 0.3) is 0 Å². The van der Waals surface area contributed by atoms with Crippen LogP contribution < -0.4 is 5.32 Å². The summed E-state index contributed by atoms with van der Waals surface area (Å²) in [6, 6.07) is 11.4. The van der Waals surface area contributed by atoms with Crippen molar-refractivity contribution < 1.29 is 9.90 Å². The lowest BCUT2D eigenvalue weighted by atomic mass is 10.1. The number of fused-ring (bicyclic) bond motifs is 1. The second-order valence-corrected chi connectivity index (χ2v) is 6.15. The number of halogens is 1. The lowest BCUT2D eigenvalue weighted by Gasteiger charge is -2.30. The van der Waals surface area contributed by atoms with Crippen molar-refractivity contribution in [3.63, 3.8) is 0 Å². The first-order valence-corrected chi connectivity index (χ1v) is 8.45. The maximum Gasteiger partial charge on any atom is 0.322 e. The molecule has 1 aliphatic rings. The van der Waals surface area contributed by atoms with Crippen LogP contribution in [0.4, 0.5) is 10.5 Å². The fraction of sp³-hybridized carbons (Fsp3) is 0.333. The molecule has 0 saturated carbocycles. The Labute approximate surface area is 146 Å². The molecule has 2 amide bonds. The highest BCUT2D eigenvalue weighted by Crippen LogP contribution is 2.36. The number of carbonyl (C=O) groups is 1. The Morgan fingerprint density at radius 2 is 2.17 bits per heavy atom. The smallest absolute Gasteiger partial charge is 0.322 e. The number of amides is 2. The number of pyridine rings is 1. The molecule has 0 spiro atoms. The number of benzene rings is 1. The highest BCUT2D eigenvalue weighted by atomic mass is 35.5. The Kier molecular flexibility index (Phi) is 5.33. The van der Waals surface area contributed by atoms with Gasteiger partial charge in [0, 0.05) is 19.3 Å². The number of carbonyl (C=O) groups excluding carboxylic acids is 1. The van der Waals surface area contributed by atoms with E-state index in [1.165, 1.54) is 11.1 Å². The maximum atomic E-state index is 12.8. The molecule has 24 heavy (non-hydrogen) atoms. The lowest BCUT2D eigenvalue weighted by Crippen LogP contribution is -2.38. The molecule has 0 radical (unpaired) electrons. The summed E-state index contributed by atoms with van der Waals surface area (Å²) in [5, 5.41) is 12.3. The van der Waals surface area contributed by atoms with E-state index < -0.39 is 0 Å². The first-order valence-electron chi connectivity index (χ1n) is 8.07. The molecule has 1 atom stereocenters. The van der Waals surface area contributed by atoms with Gasteiger partial charge in [-0.3, -0.25) is 0 Å². The number of hydrogen-bond donors (Lipinski definition) is 2. The van der Waals surface area contributed by atoms with Gasteiger partial charge in [0.2, 0.25) is 0 Å². The zero-order valence-electron chi connectivity index (χ0n) is 13.3. The highest BCUT2D eigenvalue weighted by Gasteiger charge is 2.30. The van der Waals surface area contributed by atoms with E-state index in [0.717, 1.165) is 12.8 Å². The van der Waals surface area contributed by atoms with Gasteiger partial charge in [-0.2, -0.15) is 0 Å². The van der Waals surface area contributed by atoms with E-state index in [4.69, 9.17) is 11.6 Å². The highest BCUT2D eigenvalue weighted by molar-refractivity contribution is 6.32. The van der Waals surface area contributed by atoms with Crippen molar-refractivity contribution >= 4 is 23.3 Å². The quantitative estimate of drug-likeness (QED) is 0.813. The summed E-state index contributed by atoms with van der Waals surface area (Å²) < 4.78 is 0. The molecule has 1 unspecified atom stereocenters. The Balaban J connectivity index is 1.82. The second-order valence-electron chi connectivity index (χ2n) is 5.80. The van der Waals surface area contributed by atoms with Crippen LogP contribution in [0, 0.1) is 0 Å². The molecule has 2 N–H and O–H groups in total. The summed E-state index contributed by atoms with van der Waals surface area (Å²) in [5.74, 6) is 0. The summed E-state index contributed by atoms with van der Waals surface area (Å²) in [6.07, 6.45) is 3.96. The SMILES string of the molecule is O=C(Nc1cccnc1Cl)N(CCCO)C1CCc2ccccc21. The van der Waals surface area contributed by atoms with Crippen LogP contribution in [-0.2, 0) is 6.42 Å². The number of nitrogens with zero attached hydrogens (tertiary/aromatic N) is 2. The van der Waals surface area contributed by atoms with Crippen molar-refractivity contribution in [1.29, 1.82) is 0 Å². The average molecular weight is 346 g/mol. The third-order valence-corrected chi connectivity index (χ3v) is 4.60. The van der Waals surface area contributed by atoms with Gasteiger partial charge in [0.15, 0.2) is 5.15 Å². The zero-order valence-corrected chi connectivity index (χ0v) is 14.0. The molecule has 1 aromatic carbocycles. The van der Waals surface area contributed by atoms with Gasteiger partial charge in [0.05, 0.1) is 11.7 Å². The number of aromatic nitrogens is 1. The van der Waals surface area contributed by atoms with Gasteiger partial charge in [-0.25, -0.2) is 9.78 Å². The monoisotopic (exact) mass is 345 g/mol. The Hall–Kier alpha value is -2.11. The van der Waals surface area contributed by atoms with Crippen LogP contribution in [0.2, 0.25) is 5.15 Å². The van der Waals surface area contributed by atoms with E-state index in [9.17, 15) is 9.90 Å². The van der Waals surface area contributed by atoms with Gasteiger partial charge >= 0.3 is 6.03 Å². The maximum absolute atomic E-state index is 12.8. The number of nitrogens with one attached hydrogen (secondary N) is 1. The normalized spacial score (nSPS) is 15.8. The van der Waals surface area contributed by atoms with Crippen molar-refractivity contribution in [2.45, 2.75) is 25.3 Å². The van der Waals surface area contributed by atoms with Crippen molar-refractivity contribution in [3.8, 4) is 0 Å². The molecule has 5 nitrogen and oxygen atoms in total. The summed E-state index contributed by atoms with van der Waals surface area (Å²) in [4.78, 5) is 18.6. The van der Waals surface area contributed by atoms with E-state index in [1.54, 1.807) is 23.2 Å². The number of aliphatic hydroxyl groups excluding tert-OH is 1. The van der Waals surface area contributed by atoms with Crippen LogP contribution in [-0.4, -0.2) is 34.2 Å². The molecule has 1 heterocycles. The summed E-state index contributed by atoms with van der Waals surface area (Å²) in [5.41, 5.74) is 2.95. The number of hydrogen-bond acceptors (Lipinski definition) is 3. The zero-order chi connectivity index (χ0) is 16.9. The standard InChI is InChI=1S/C18H20ClN3O2/c19-17-15(7-3-10-20-17)21-18(24)22(11-4-12-23)16-9-8-13-5-1-2-6-14(13)16/h1-3,5-7,10,16,23H,4,8-9,11-12H2,(H,21,24). The van der Waals surface area contributed by atoms with Crippen LogP contribution in [0.5, 0.6) is 0 Å². The number of aryl methyl sites for hydroxylation is 1. The molecular formula is C18H20ClN3O2. The van der Waals surface area contributed by atoms with E-state index in [2.05, 4.69) is 22.4 Å². The Morgan fingerprint density at radius 3 is 2.96 bits per heavy atom. The van der Waals surface area contributed by atoms with Gasteiger partial charge in [-0.15, -0.1) is 0 Å². The third kappa shape index (κ3) is 3.52. The van der Waals surface area contributed by atoms with Gasteiger partial charge in [0.1, 0.15) is 0 Å². The molecular weight excluding hydrogens is 326 g/mol. The fourth-order valence-electron chi connectivity index (χ4n) is 3.16. The largest absolute Gasteiger partial charge is 0.396 e. The number of rotatable bonds is 5. The van der Waals surface area contributed by atoms with E-state index in [-0.39, 0.29) is 23.8 Å². The molecule has 0 aliphatic heterocycles. The number of aliphatic hydroxyl groups is 1. The third-order valence-electron chi connectivity index (χ3n) is 4.30. The average Bonchev–Trinajstić information content (AvgIpc) is 3.01. The fourth-order valence-corrected chi connectivity index (χ4v) is 3.33. The summed E-state index contributed by atoms with van der Waals surface area (Å²) in [7, 11) is 0. The first-order chi connectivity index (χ1) is 11.7. The molecule has 0 saturated heterocycles. The first kappa shape index (κ1) is 16.7. The minimum atomic E-state index is -0.222. The molecule has 126 valence electrons. The van der Waals surface area contributed by atoms with E-state index >= 15 is 0 Å². The van der Waals surface area contributed by atoms with Crippen molar-refractivity contribution in [2.75, 3.05) is 18.5 Å². The van der Waals surface area contributed by atoms with Crippen LogP contribution >= 0.6 is 11.6 Å². The topological polar surface area (TPSA) is 65.5 Å². The van der Waals surface area contributed by atoms with Crippen LogP contribution in [0.25, 0.3) is 0 Å². The summed E-state index contributed by atoms with van der Waals surface area (Å²) in [6.45, 7) is 0.533. The molecule has 3 rings (SSSR count). The minimum absolute atomic E-state index is 0.0168. The molecule has 0 fully saturated rings. The molecule has 6 heteroatoms. The van der Waals surface area contributed by atoms with Crippen LogP contribution in [0.15, 0.2) is 42.6 Å². The molecule has 0 bridgehead atoms. The minimum Gasteiger partial charge on any atom is -0.396 e. The van der Waals surface area contributed by atoms with Crippen molar-refractivity contribution in [2.24, 2.45) is 0 Å². The van der Waals surface area contributed by atoms with Crippen LogP contribution in [0.3, 0.4) is 0 Å². The lowest BCUT2D eigenvalue weighted by molar-refractivity contribution is 0.177. The van der Waals surface area contributed by atoms with Gasteiger partial charge < -0.3 is 15.3 Å². The van der Waals surface area contributed by atoms with Gasteiger partial charge in [-0.05, 0) is 42.5 Å². The molecule has 1 aliphatic carbocycles. The van der Waals surface area contributed by atoms with E-state index in [0.29, 0.717) is 18.7 Å². The predicted octanol–water partition coefficient (Wildman–Crippen LogP) is 3.64. The summed E-state index contributed by atoms with van der Waals surface area (Å²) >= 11 is 6.03. The van der Waals surface area contributed by atoms with E-state index in [1.807, 2.05) is 12.1 Å². The number of urea groups is 1. The Morgan fingerprint density at radius 1 is 1.33 bits per heavy atom. The molecule has 1 aromatic heterocycles. The van der Waals surface area contributed by atoms with Gasteiger partial charge in [-0.1, -0.05) is 35.9 Å². The second kappa shape index (κ2) is 7.64. The van der Waals surface area contributed by atoms with Crippen LogP contribution in [0.1, 0.15) is 30.0 Å². The van der Waals surface area contributed by atoms with Crippen molar-refractivity contribution in [1.82, 2.24) is 9.88 Å². The number of anilines is 1. The van der Waals surface area contributed by atoms with Crippen molar-refractivity contribution in [3.05, 3.63) is 58.9 Å². The Bertz CT molecular complexity index is 723. The molecule has 2 aromatic rings. The predicted molar refractivity (Wildman–Crippen MR) is 94.2 cm³/mol.